The Bertz CT molecular complexity index is 617. The molecule has 4 heteroatoms. The summed E-state index contributed by atoms with van der Waals surface area (Å²) in [6, 6.07) is 9.26. The van der Waals surface area contributed by atoms with Crippen molar-refractivity contribution in [2.24, 2.45) is 0 Å². The average molecular weight is 244 g/mol. The summed E-state index contributed by atoms with van der Waals surface area (Å²) in [7, 11) is 1.62. The molecule has 0 fully saturated rings. The lowest BCUT2D eigenvalue weighted by Crippen LogP contribution is -2.22. The Hall–Kier alpha value is -2.23. The van der Waals surface area contributed by atoms with Crippen LogP contribution in [-0.2, 0) is 6.54 Å². The molecule has 0 spiro atoms. The first kappa shape index (κ1) is 12.2. The second kappa shape index (κ2) is 4.96. The van der Waals surface area contributed by atoms with Gasteiger partial charge in [0.25, 0.3) is 5.56 Å². The molecule has 0 aliphatic carbocycles. The Morgan fingerprint density at radius 1 is 1.33 bits per heavy atom. The van der Waals surface area contributed by atoms with Gasteiger partial charge in [0.15, 0.2) is 0 Å². The molecule has 2 N–H and O–H groups in total. The number of aromatic nitrogens is 1. The van der Waals surface area contributed by atoms with E-state index in [0.717, 1.165) is 16.9 Å². The Morgan fingerprint density at radius 3 is 2.83 bits per heavy atom. The second-order valence-electron chi connectivity index (χ2n) is 4.21. The molecule has 18 heavy (non-hydrogen) atoms. The lowest BCUT2D eigenvalue weighted by atomic mass is 10.1. The number of benzene rings is 1. The van der Waals surface area contributed by atoms with Gasteiger partial charge in [0.2, 0.25) is 0 Å². The summed E-state index contributed by atoms with van der Waals surface area (Å²) in [5, 5.41) is 0. The zero-order valence-corrected chi connectivity index (χ0v) is 10.5. The maximum atomic E-state index is 11.9. The number of ether oxygens (including phenoxy) is 1. The summed E-state index contributed by atoms with van der Waals surface area (Å²) in [5.74, 6) is 0.773. The number of hydrogen-bond donors (Lipinski definition) is 1. The molecule has 2 rings (SSSR count). The second-order valence-corrected chi connectivity index (χ2v) is 4.21. The number of aryl methyl sites for hydroxylation is 1. The van der Waals surface area contributed by atoms with Gasteiger partial charge in [0.1, 0.15) is 5.75 Å². The third-order valence-corrected chi connectivity index (χ3v) is 2.83. The summed E-state index contributed by atoms with van der Waals surface area (Å²) < 4.78 is 6.87. The largest absolute Gasteiger partial charge is 0.496 e. The van der Waals surface area contributed by atoms with Crippen molar-refractivity contribution in [1.82, 2.24) is 4.57 Å². The van der Waals surface area contributed by atoms with E-state index in [1.807, 2.05) is 25.1 Å². The topological polar surface area (TPSA) is 57.2 Å². The van der Waals surface area contributed by atoms with Crippen molar-refractivity contribution in [3.05, 3.63) is 58.0 Å². The number of rotatable bonds is 3. The maximum absolute atomic E-state index is 11.9. The molecule has 1 aromatic carbocycles. The Balaban J connectivity index is 2.42. The van der Waals surface area contributed by atoms with Crippen LogP contribution in [0.15, 0.2) is 41.3 Å². The SMILES string of the molecule is COc1ccc(C)cc1Cn1cccc(N)c1=O. The van der Waals surface area contributed by atoms with E-state index >= 15 is 0 Å². The molecular weight excluding hydrogens is 228 g/mol. The van der Waals surface area contributed by atoms with Crippen molar-refractivity contribution in [2.45, 2.75) is 13.5 Å². The fourth-order valence-corrected chi connectivity index (χ4v) is 1.89. The van der Waals surface area contributed by atoms with E-state index in [0.29, 0.717) is 6.54 Å². The quantitative estimate of drug-likeness (QED) is 0.895. The number of anilines is 1. The number of nitrogen functional groups attached to an aromatic ring is 1. The van der Waals surface area contributed by atoms with E-state index in [9.17, 15) is 4.79 Å². The molecule has 0 unspecified atom stereocenters. The summed E-state index contributed by atoms with van der Waals surface area (Å²) in [6.07, 6.45) is 1.72. The minimum atomic E-state index is -0.180. The molecule has 2 aromatic rings. The average Bonchev–Trinajstić information content (AvgIpc) is 2.35. The van der Waals surface area contributed by atoms with Gasteiger partial charge in [-0.05, 0) is 25.1 Å². The fourth-order valence-electron chi connectivity index (χ4n) is 1.89. The van der Waals surface area contributed by atoms with E-state index in [-0.39, 0.29) is 11.2 Å². The van der Waals surface area contributed by atoms with Gasteiger partial charge in [-0.3, -0.25) is 4.79 Å². The lowest BCUT2D eigenvalue weighted by Gasteiger charge is -2.11. The predicted molar refractivity (Wildman–Crippen MR) is 71.9 cm³/mol. The lowest BCUT2D eigenvalue weighted by molar-refractivity contribution is 0.408. The Morgan fingerprint density at radius 2 is 2.11 bits per heavy atom. The minimum Gasteiger partial charge on any atom is -0.496 e. The van der Waals surface area contributed by atoms with Crippen LogP contribution < -0.4 is 16.0 Å². The van der Waals surface area contributed by atoms with Gasteiger partial charge >= 0.3 is 0 Å². The fraction of sp³-hybridized carbons (Fsp3) is 0.214. The Kier molecular flexibility index (Phi) is 3.37. The number of pyridine rings is 1. The molecule has 0 radical (unpaired) electrons. The van der Waals surface area contributed by atoms with Crippen LogP contribution in [0.5, 0.6) is 5.75 Å². The normalized spacial score (nSPS) is 10.3. The first-order valence-corrected chi connectivity index (χ1v) is 5.70. The molecule has 0 aliphatic rings. The molecule has 0 atom stereocenters. The molecular formula is C14H16N2O2. The van der Waals surface area contributed by atoms with Crippen molar-refractivity contribution < 1.29 is 4.74 Å². The van der Waals surface area contributed by atoms with Gasteiger partial charge < -0.3 is 15.0 Å². The molecule has 0 aliphatic heterocycles. The number of nitrogens with two attached hydrogens (primary N) is 1. The third kappa shape index (κ3) is 2.37. The summed E-state index contributed by atoms with van der Waals surface area (Å²) in [6.45, 7) is 2.46. The molecule has 4 nitrogen and oxygen atoms in total. The molecule has 1 heterocycles. The molecule has 94 valence electrons. The highest BCUT2D eigenvalue weighted by Gasteiger charge is 2.06. The summed E-state index contributed by atoms with van der Waals surface area (Å²) >= 11 is 0. The Labute approximate surface area is 106 Å². The van der Waals surface area contributed by atoms with E-state index in [1.54, 1.807) is 30.0 Å². The van der Waals surface area contributed by atoms with Crippen LogP contribution in [0.3, 0.4) is 0 Å². The van der Waals surface area contributed by atoms with Crippen LogP contribution in [0.25, 0.3) is 0 Å². The van der Waals surface area contributed by atoms with Gasteiger partial charge in [-0.15, -0.1) is 0 Å². The van der Waals surface area contributed by atoms with Gasteiger partial charge in [0.05, 0.1) is 19.3 Å². The van der Waals surface area contributed by atoms with Gasteiger partial charge in [-0.25, -0.2) is 0 Å². The highest BCUT2D eigenvalue weighted by Crippen LogP contribution is 2.20. The van der Waals surface area contributed by atoms with E-state index in [4.69, 9.17) is 10.5 Å². The molecule has 0 saturated carbocycles. The van der Waals surface area contributed by atoms with Crippen LogP contribution in [-0.4, -0.2) is 11.7 Å². The van der Waals surface area contributed by atoms with Crippen molar-refractivity contribution in [2.75, 3.05) is 12.8 Å². The van der Waals surface area contributed by atoms with E-state index in [1.165, 1.54) is 0 Å². The van der Waals surface area contributed by atoms with Gasteiger partial charge in [0, 0.05) is 11.8 Å². The smallest absolute Gasteiger partial charge is 0.273 e. The van der Waals surface area contributed by atoms with Crippen LogP contribution in [0.2, 0.25) is 0 Å². The van der Waals surface area contributed by atoms with Crippen molar-refractivity contribution in [3.63, 3.8) is 0 Å². The zero-order valence-electron chi connectivity index (χ0n) is 10.5. The minimum absolute atomic E-state index is 0.180. The van der Waals surface area contributed by atoms with Crippen LogP contribution >= 0.6 is 0 Å². The molecule has 1 aromatic heterocycles. The van der Waals surface area contributed by atoms with E-state index in [2.05, 4.69) is 0 Å². The predicted octanol–water partition coefficient (Wildman–Crippen LogP) is 1.80. The van der Waals surface area contributed by atoms with Crippen LogP contribution in [0, 0.1) is 6.92 Å². The van der Waals surface area contributed by atoms with Crippen molar-refractivity contribution >= 4 is 5.69 Å². The third-order valence-electron chi connectivity index (χ3n) is 2.83. The highest BCUT2D eigenvalue weighted by atomic mass is 16.5. The first-order chi connectivity index (χ1) is 8.61. The standard InChI is InChI=1S/C14H16N2O2/c1-10-5-6-13(18-2)11(8-10)9-16-7-3-4-12(15)14(16)17/h3-8H,9,15H2,1-2H3. The summed E-state index contributed by atoms with van der Waals surface area (Å²) in [4.78, 5) is 11.9. The first-order valence-electron chi connectivity index (χ1n) is 5.70. The number of methoxy groups -OCH3 is 1. The van der Waals surface area contributed by atoms with Crippen molar-refractivity contribution in [1.29, 1.82) is 0 Å². The van der Waals surface area contributed by atoms with Gasteiger partial charge in [-0.2, -0.15) is 0 Å². The molecule has 0 bridgehead atoms. The molecule has 0 amide bonds. The number of nitrogens with zero attached hydrogens (tertiary/aromatic N) is 1. The highest BCUT2D eigenvalue weighted by molar-refractivity contribution is 5.38. The monoisotopic (exact) mass is 244 g/mol. The van der Waals surface area contributed by atoms with Crippen LogP contribution in [0.1, 0.15) is 11.1 Å². The number of hydrogen-bond acceptors (Lipinski definition) is 3. The van der Waals surface area contributed by atoms with Crippen LogP contribution in [0.4, 0.5) is 5.69 Å². The zero-order chi connectivity index (χ0) is 13.1. The van der Waals surface area contributed by atoms with Crippen molar-refractivity contribution in [3.8, 4) is 5.75 Å². The summed E-state index contributed by atoms with van der Waals surface area (Å²) in [5.41, 5.74) is 7.78. The molecule has 0 saturated heterocycles. The van der Waals surface area contributed by atoms with Gasteiger partial charge in [-0.1, -0.05) is 17.7 Å². The van der Waals surface area contributed by atoms with E-state index < -0.39 is 0 Å². The maximum Gasteiger partial charge on any atom is 0.273 e.